The first-order chi connectivity index (χ1) is 18.1. The Kier molecular flexibility index (Phi) is 4.09. The molecule has 0 N–H and O–H groups in total. The molecule has 1 aliphatic rings. The van der Waals surface area contributed by atoms with Gasteiger partial charge in [0.25, 0.3) is 0 Å². The Morgan fingerprint density at radius 2 is 1.08 bits per heavy atom. The molecule has 1 aromatic heterocycles. The van der Waals surface area contributed by atoms with Crippen LogP contribution in [-0.4, -0.2) is 12.6 Å². The van der Waals surface area contributed by atoms with E-state index in [-0.39, 0.29) is 0 Å². The first kappa shape index (κ1) is 21.0. The molecule has 0 amide bonds. The van der Waals surface area contributed by atoms with Crippen LogP contribution < -0.4 is 10.4 Å². The van der Waals surface area contributed by atoms with Gasteiger partial charge in [-0.2, -0.15) is 0 Å². The first-order valence-electron chi connectivity index (χ1n) is 13.1. The third-order valence-corrected chi connectivity index (χ3v) is 12.3. The fraction of sp³-hybridized carbons (Fsp3) is 0.0857. The van der Waals surface area contributed by atoms with Crippen molar-refractivity contribution in [3.8, 4) is 22.3 Å². The molecular weight excluding hydrogens is 462 g/mol. The predicted octanol–water partition coefficient (Wildman–Crippen LogP) is 8.11. The van der Waals surface area contributed by atoms with Gasteiger partial charge in [0.05, 0.1) is 11.0 Å². The lowest BCUT2D eigenvalue weighted by Gasteiger charge is -2.19. The lowest BCUT2D eigenvalue weighted by Crippen LogP contribution is -2.49. The highest BCUT2D eigenvalue weighted by Crippen LogP contribution is 2.43. The van der Waals surface area contributed by atoms with Crippen molar-refractivity contribution in [3.63, 3.8) is 0 Å². The lowest BCUT2D eigenvalue weighted by molar-refractivity contribution is 1.02. The maximum absolute atomic E-state index is 2.50. The maximum atomic E-state index is 2.50. The molecular formula is C35H27NSi. The van der Waals surface area contributed by atoms with Crippen molar-refractivity contribution in [3.05, 3.63) is 109 Å². The van der Waals surface area contributed by atoms with E-state index in [4.69, 9.17) is 0 Å². The monoisotopic (exact) mass is 489 g/mol. The summed E-state index contributed by atoms with van der Waals surface area (Å²) in [6.07, 6.45) is 0. The van der Waals surface area contributed by atoms with E-state index < -0.39 is 8.07 Å². The normalized spacial score (nSPS) is 14.0. The summed E-state index contributed by atoms with van der Waals surface area (Å²) in [5, 5.41) is 11.1. The molecule has 8 rings (SSSR count). The minimum Gasteiger partial charge on any atom is -0.343 e. The molecule has 1 nitrogen and oxygen atoms in total. The maximum Gasteiger partial charge on any atom is 0.113 e. The van der Waals surface area contributed by atoms with Gasteiger partial charge in [0.2, 0.25) is 0 Å². The fourth-order valence-electron chi connectivity index (χ4n) is 7.07. The standard InChI is InChI=1S/C35H27NSi/c1-36-34-23(22-19-20-27-26-13-8-9-18-31(26)37(2,3)32(27)21-22)16-10-17-30(34)33-28-14-6-4-11-24(28)25-12-5-7-15-29(25)35(33)36/h4-21H,1-3H3. The minimum absolute atomic E-state index is 1.31. The third-order valence-electron chi connectivity index (χ3n) is 8.78. The van der Waals surface area contributed by atoms with Gasteiger partial charge in [0, 0.05) is 28.8 Å². The highest BCUT2D eigenvalue weighted by atomic mass is 28.3. The van der Waals surface area contributed by atoms with Gasteiger partial charge in [-0.25, -0.2) is 0 Å². The van der Waals surface area contributed by atoms with Gasteiger partial charge >= 0.3 is 0 Å². The molecule has 6 aromatic carbocycles. The molecule has 0 atom stereocenters. The van der Waals surface area contributed by atoms with E-state index in [0.29, 0.717) is 0 Å². The van der Waals surface area contributed by atoms with Gasteiger partial charge in [-0.05, 0) is 43.2 Å². The zero-order valence-electron chi connectivity index (χ0n) is 21.3. The van der Waals surface area contributed by atoms with Crippen molar-refractivity contribution in [1.82, 2.24) is 4.57 Å². The van der Waals surface area contributed by atoms with Crippen LogP contribution in [0.25, 0.3) is 65.6 Å². The van der Waals surface area contributed by atoms with Crippen LogP contribution in [0.15, 0.2) is 109 Å². The van der Waals surface area contributed by atoms with Crippen LogP contribution in [0.4, 0.5) is 0 Å². The van der Waals surface area contributed by atoms with Crippen molar-refractivity contribution in [2.75, 3.05) is 0 Å². The smallest absolute Gasteiger partial charge is 0.113 e. The van der Waals surface area contributed by atoms with Gasteiger partial charge < -0.3 is 4.57 Å². The number of hydrogen-bond donors (Lipinski definition) is 0. The third kappa shape index (κ3) is 2.63. The first-order valence-corrected chi connectivity index (χ1v) is 16.1. The Balaban J connectivity index is 1.48. The number of para-hydroxylation sites is 1. The Bertz CT molecular complexity index is 2080. The van der Waals surface area contributed by atoms with Gasteiger partial charge in [0.15, 0.2) is 0 Å². The number of nitrogens with zero attached hydrogens (tertiary/aromatic N) is 1. The number of fused-ring (bicyclic) bond motifs is 11. The summed E-state index contributed by atoms with van der Waals surface area (Å²) in [5.74, 6) is 0. The van der Waals surface area contributed by atoms with Crippen LogP contribution in [0.5, 0.6) is 0 Å². The molecule has 37 heavy (non-hydrogen) atoms. The zero-order valence-corrected chi connectivity index (χ0v) is 22.3. The van der Waals surface area contributed by atoms with Crippen LogP contribution in [0, 0.1) is 0 Å². The molecule has 0 spiro atoms. The minimum atomic E-state index is -1.74. The largest absolute Gasteiger partial charge is 0.343 e. The molecule has 0 unspecified atom stereocenters. The molecule has 2 heteroatoms. The molecule has 0 radical (unpaired) electrons. The number of benzene rings is 6. The summed E-state index contributed by atoms with van der Waals surface area (Å²) in [4.78, 5) is 0. The topological polar surface area (TPSA) is 4.93 Å². The van der Waals surface area contributed by atoms with Crippen molar-refractivity contribution >= 4 is 61.8 Å². The molecule has 0 fully saturated rings. The van der Waals surface area contributed by atoms with Crippen LogP contribution in [-0.2, 0) is 7.05 Å². The second-order valence-corrected chi connectivity index (χ2v) is 15.3. The summed E-state index contributed by atoms with van der Waals surface area (Å²) in [5.41, 5.74) is 8.12. The molecule has 0 bridgehead atoms. The van der Waals surface area contributed by atoms with E-state index in [2.05, 4.69) is 134 Å². The van der Waals surface area contributed by atoms with E-state index in [1.165, 1.54) is 65.6 Å². The average Bonchev–Trinajstić information content (AvgIpc) is 3.37. The van der Waals surface area contributed by atoms with Crippen molar-refractivity contribution in [1.29, 1.82) is 0 Å². The van der Waals surface area contributed by atoms with Gasteiger partial charge in [-0.3, -0.25) is 0 Å². The number of aromatic nitrogens is 1. The number of aryl methyl sites for hydroxylation is 1. The second-order valence-electron chi connectivity index (χ2n) is 11.0. The Morgan fingerprint density at radius 3 is 1.89 bits per heavy atom. The van der Waals surface area contributed by atoms with E-state index >= 15 is 0 Å². The average molecular weight is 490 g/mol. The number of rotatable bonds is 1. The van der Waals surface area contributed by atoms with Crippen molar-refractivity contribution in [2.45, 2.75) is 13.1 Å². The Hall–Kier alpha value is -4.14. The highest BCUT2D eigenvalue weighted by Gasteiger charge is 2.37. The van der Waals surface area contributed by atoms with Crippen molar-refractivity contribution < 1.29 is 0 Å². The molecule has 176 valence electrons. The van der Waals surface area contributed by atoms with Gasteiger partial charge in [0.1, 0.15) is 8.07 Å². The van der Waals surface area contributed by atoms with Crippen molar-refractivity contribution in [2.24, 2.45) is 7.05 Å². The van der Waals surface area contributed by atoms with Crippen LogP contribution in [0.1, 0.15) is 0 Å². The van der Waals surface area contributed by atoms with Gasteiger partial charge in [-0.15, -0.1) is 0 Å². The Labute approximate surface area is 217 Å². The van der Waals surface area contributed by atoms with E-state index in [1.54, 1.807) is 10.4 Å². The molecule has 0 saturated carbocycles. The van der Waals surface area contributed by atoms with Crippen LogP contribution >= 0.6 is 0 Å². The summed E-state index contributed by atoms with van der Waals surface area (Å²) in [6.45, 7) is 4.99. The SMILES string of the molecule is Cn1c2c(-c3ccc4c(c3)[Si](C)(C)c3ccccc3-4)cccc2c2c3ccccc3c3ccccc3c21. The predicted molar refractivity (Wildman–Crippen MR) is 163 cm³/mol. The lowest BCUT2D eigenvalue weighted by atomic mass is 9.95. The molecule has 1 aliphatic heterocycles. The Morgan fingerprint density at radius 1 is 0.486 bits per heavy atom. The van der Waals surface area contributed by atoms with Crippen LogP contribution in [0.3, 0.4) is 0 Å². The van der Waals surface area contributed by atoms with Gasteiger partial charge in [-0.1, -0.05) is 122 Å². The van der Waals surface area contributed by atoms with E-state index in [9.17, 15) is 0 Å². The molecule has 2 heterocycles. The molecule has 7 aromatic rings. The quantitative estimate of drug-likeness (QED) is 0.162. The van der Waals surface area contributed by atoms with E-state index in [0.717, 1.165) is 0 Å². The molecule has 0 aliphatic carbocycles. The molecule has 0 saturated heterocycles. The van der Waals surface area contributed by atoms with E-state index in [1.807, 2.05) is 0 Å². The summed E-state index contributed by atoms with van der Waals surface area (Å²) in [6, 6.07) is 40.9. The zero-order chi connectivity index (χ0) is 24.9. The summed E-state index contributed by atoms with van der Waals surface area (Å²) >= 11 is 0. The van der Waals surface area contributed by atoms with Crippen LogP contribution in [0.2, 0.25) is 13.1 Å². The summed E-state index contributed by atoms with van der Waals surface area (Å²) < 4.78 is 2.44. The summed E-state index contributed by atoms with van der Waals surface area (Å²) in [7, 11) is 0.509. The highest BCUT2D eigenvalue weighted by molar-refractivity contribution is 7.03. The fourth-order valence-corrected chi connectivity index (χ4v) is 10.2. The second kappa shape index (κ2) is 7.21. The number of hydrogen-bond acceptors (Lipinski definition) is 0.